The van der Waals surface area contributed by atoms with Crippen LogP contribution in [0.15, 0.2) is 10.9 Å². The Labute approximate surface area is 111 Å². The highest BCUT2D eigenvalue weighted by Crippen LogP contribution is 2.06. The molecule has 0 aliphatic carbocycles. The molecule has 1 aromatic heterocycles. The Morgan fingerprint density at radius 3 is 3.00 bits per heavy atom. The number of carbonyl (C=O) groups excluding carboxylic acids is 1. The number of thiazole rings is 1. The molecular weight excluding hydrogens is 269 g/mol. The molecule has 1 aliphatic rings. The number of aromatic nitrogens is 1. The smallest absolute Gasteiger partial charge is 0.270 e. The van der Waals surface area contributed by atoms with Gasteiger partial charge in [0.2, 0.25) is 0 Å². The Morgan fingerprint density at radius 1 is 1.62 bits per heavy atom. The summed E-state index contributed by atoms with van der Waals surface area (Å²) < 4.78 is 0. The van der Waals surface area contributed by atoms with E-state index >= 15 is 0 Å². The molecule has 2 heterocycles. The minimum absolute atomic E-state index is 0. The van der Waals surface area contributed by atoms with Gasteiger partial charge in [-0.3, -0.25) is 4.79 Å². The van der Waals surface area contributed by atoms with Gasteiger partial charge in [-0.25, -0.2) is 4.98 Å². The van der Waals surface area contributed by atoms with Crippen molar-refractivity contribution < 1.29 is 4.79 Å². The van der Waals surface area contributed by atoms with Crippen molar-refractivity contribution in [2.75, 3.05) is 19.6 Å². The summed E-state index contributed by atoms with van der Waals surface area (Å²) in [4.78, 5) is 15.4. The van der Waals surface area contributed by atoms with E-state index in [9.17, 15) is 4.79 Å². The van der Waals surface area contributed by atoms with Crippen molar-refractivity contribution in [1.82, 2.24) is 15.6 Å². The molecule has 0 aromatic carbocycles. The van der Waals surface area contributed by atoms with E-state index < -0.39 is 0 Å². The Balaban J connectivity index is 0.00000112. The van der Waals surface area contributed by atoms with Gasteiger partial charge in [-0.15, -0.1) is 36.2 Å². The van der Waals surface area contributed by atoms with Crippen molar-refractivity contribution in [2.45, 2.75) is 6.42 Å². The van der Waals surface area contributed by atoms with Crippen LogP contribution in [0.3, 0.4) is 0 Å². The molecule has 92 valence electrons. The van der Waals surface area contributed by atoms with Gasteiger partial charge in [0.1, 0.15) is 5.69 Å². The topological polar surface area (TPSA) is 54.0 Å². The first-order valence-corrected chi connectivity index (χ1v) is 5.67. The molecule has 0 saturated carbocycles. The van der Waals surface area contributed by atoms with Gasteiger partial charge in [0.05, 0.1) is 5.51 Å². The number of rotatable bonds is 3. The maximum absolute atomic E-state index is 11.5. The van der Waals surface area contributed by atoms with E-state index in [1.165, 1.54) is 11.3 Å². The predicted octanol–water partition coefficient (Wildman–Crippen LogP) is 1.33. The summed E-state index contributed by atoms with van der Waals surface area (Å²) in [5.74, 6) is 0.524. The normalized spacial score (nSPS) is 18.4. The van der Waals surface area contributed by atoms with Crippen molar-refractivity contribution in [1.29, 1.82) is 0 Å². The lowest BCUT2D eigenvalue weighted by molar-refractivity contribution is 0.0944. The van der Waals surface area contributed by atoms with Crippen LogP contribution in [-0.2, 0) is 0 Å². The van der Waals surface area contributed by atoms with Crippen LogP contribution < -0.4 is 10.6 Å². The van der Waals surface area contributed by atoms with E-state index in [1.54, 1.807) is 10.9 Å². The standard InChI is InChI=1S/C9H13N3OS.2ClH/c13-9(8-5-14-6-12-8)11-4-7-1-2-10-3-7;;/h5-7,10H,1-4H2,(H,11,13);2*1H. The molecular formula is C9H15Cl2N3OS. The molecule has 1 unspecified atom stereocenters. The molecule has 1 amide bonds. The van der Waals surface area contributed by atoms with E-state index in [4.69, 9.17) is 0 Å². The summed E-state index contributed by atoms with van der Waals surface area (Å²) in [7, 11) is 0. The van der Waals surface area contributed by atoms with Crippen molar-refractivity contribution in [3.05, 3.63) is 16.6 Å². The van der Waals surface area contributed by atoms with Gasteiger partial charge in [-0.2, -0.15) is 0 Å². The summed E-state index contributed by atoms with van der Waals surface area (Å²) in [5.41, 5.74) is 2.20. The first-order chi connectivity index (χ1) is 6.86. The van der Waals surface area contributed by atoms with Crippen LogP contribution in [0.5, 0.6) is 0 Å². The lowest BCUT2D eigenvalue weighted by atomic mass is 10.1. The highest BCUT2D eigenvalue weighted by molar-refractivity contribution is 7.07. The van der Waals surface area contributed by atoms with Gasteiger partial charge in [0.25, 0.3) is 5.91 Å². The molecule has 1 aromatic rings. The maximum Gasteiger partial charge on any atom is 0.270 e. The number of hydrogen-bond acceptors (Lipinski definition) is 4. The lowest BCUT2D eigenvalue weighted by Gasteiger charge is -2.08. The molecule has 2 rings (SSSR count). The number of halogens is 2. The van der Waals surface area contributed by atoms with Gasteiger partial charge in [0.15, 0.2) is 0 Å². The summed E-state index contributed by atoms with van der Waals surface area (Å²) >= 11 is 1.44. The average molecular weight is 284 g/mol. The minimum atomic E-state index is -0.0573. The molecule has 0 radical (unpaired) electrons. The Kier molecular flexibility index (Phi) is 7.66. The van der Waals surface area contributed by atoms with Gasteiger partial charge in [-0.05, 0) is 25.4 Å². The molecule has 4 nitrogen and oxygen atoms in total. The number of nitrogens with zero attached hydrogens (tertiary/aromatic N) is 1. The lowest BCUT2D eigenvalue weighted by Crippen LogP contribution is -2.30. The third-order valence-electron chi connectivity index (χ3n) is 2.38. The fourth-order valence-corrected chi connectivity index (χ4v) is 2.07. The van der Waals surface area contributed by atoms with E-state index in [0.29, 0.717) is 11.6 Å². The number of carbonyl (C=O) groups is 1. The molecule has 16 heavy (non-hydrogen) atoms. The minimum Gasteiger partial charge on any atom is -0.350 e. The quantitative estimate of drug-likeness (QED) is 0.880. The van der Waals surface area contributed by atoms with Crippen molar-refractivity contribution in [2.24, 2.45) is 5.92 Å². The SMILES string of the molecule is Cl.Cl.O=C(NCC1CCNC1)c1cscn1. The predicted molar refractivity (Wildman–Crippen MR) is 69.9 cm³/mol. The summed E-state index contributed by atoms with van der Waals surface area (Å²) in [6.07, 6.45) is 1.15. The molecule has 1 atom stereocenters. The zero-order valence-electron chi connectivity index (χ0n) is 8.64. The number of nitrogens with one attached hydrogen (secondary N) is 2. The number of amides is 1. The third kappa shape index (κ3) is 4.25. The highest BCUT2D eigenvalue weighted by Gasteiger charge is 2.15. The Morgan fingerprint density at radius 2 is 2.44 bits per heavy atom. The summed E-state index contributed by atoms with van der Waals surface area (Å²) in [5, 5.41) is 7.92. The van der Waals surface area contributed by atoms with Crippen LogP contribution in [0.2, 0.25) is 0 Å². The van der Waals surface area contributed by atoms with E-state index in [0.717, 1.165) is 26.1 Å². The van der Waals surface area contributed by atoms with Gasteiger partial charge in [-0.1, -0.05) is 0 Å². The van der Waals surface area contributed by atoms with Gasteiger partial charge in [0, 0.05) is 11.9 Å². The highest BCUT2D eigenvalue weighted by atomic mass is 35.5. The van der Waals surface area contributed by atoms with E-state index in [1.807, 2.05) is 0 Å². The monoisotopic (exact) mass is 283 g/mol. The van der Waals surface area contributed by atoms with Crippen molar-refractivity contribution in [3.63, 3.8) is 0 Å². The average Bonchev–Trinajstić information content (AvgIpc) is 2.87. The second kappa shape index (κ2) is 7.84. The van der Waals surface area contributed by atoms with Crippen LogP contribution in [0.1, 0.15) is 16.9 Å². The van der Waals surface area contributed by atoms with Crippen LogP contribution in [0.25, 0.3) is 0 Å². The second-order valence-corrected chi connectivity index (χ2v) is 4.16. The molecule has 1 saturated heterocycles. The molecule has 2 N–H and O–H groups in total. The first-order valence-electron chi connectivity index (χ1n) is 4.73. The molecule has 7 heteroatoms. The largest absolute Gasteiger partial charge is 0.350 e. The maximum atomic E-state index is 11.5. The van der Waals surface area contributed by atoms with Crippen LogP contribution in [-0.4, -0.2) is 30.5 Å². The first kappa shape index (κ1) is 15.6. The van der Waals surface area contributed by atoms with E-state index in [2.05, 4.69) is 15.6 Å². The molecule has 1 aliphatic heterocycles. The molecule has 0 spiro atoms. The Bertz CT molecular complexity index is 302. The fourth-order valence-electron chi connectivity index (χ4n) is 1.54. The van der Waals surface area contributed by atoms with Gasteiger partial charge < -0.3 is 10.6 Å². The van der Waals surface area contributed by atoms with Crippen molar-refractivity contribution in [3.8, 4) is 0 Å². The summed E-state index contributed by atoms with van der Waals surface area (Å²) in [6, 6.07) is 0. The van der Waals surface area contributed by atoms with Crippen molar-refractivity contribution >= 4 is 42.1 Å². The van der Waals surface area contributed by atoms with E-state index in [-0.39, 0.29) is 30.7 Å². The van der Waals surface area contributed by atoms with Crippen LogP contribution >= 0.6 is 36.2 Å². The fraction of sp³-hybridized carbons (Fsp3) is 0.556. The van der Waals surface area contributed by atoms with Crippen LogP contribution in [0, 0.1) is 5.92 Å². The zero-order chi connectivity index (χ0) is 9.80. The van der Waals surface area contributed by atoms with Crippen LogP contribution in [0.4, 0.5) is 0 Å². The number of hydrogen-bond donors (Lipinski definition) is 2. The molecule has 0 bridgehead atoms. The zero-order valence-corrected chi connectivity index (χ0v) is 11.1. The molecule has 1 fully saturated rings. The summed E-state index contributed by atoms with van der Waals surface area (Å²) in [6.45, 7) is 2.83. The second-order valence-electron chi connectivity index (χ2n) is 3.44. The Hall–Kier alpha value is -0.360. The third-order valence-corrected chi connectivity index (χ3v) is 2.97. The van der Waals surface area contributed by atoms with Gasteiger partial charge >= 0.3 is 0 Å².